The van der Waals surface area contributed by atoms with Crippen LogP contribution < -0.4 is 0 Å². The van der Waals surface area contributed by atoms with Gasteiger partial charge < -0.3 is 14.4 Å². The first-order chi connectivity index (χ1) is 6.77. The molecular formula is C10H19NO3. The minimum Gasteiger partial charge on any atom is -0.450 e. The largest absolute Gasteiger partial charge is 0.450 e. The predicted molar refractivity (Wildman–Crippen MR) is 53.2 cm³/mol. The number of hydrogen-bond acceptors (Lipinski definition) is 3. The molecule has 14 heavy (non-hydrogen) atoms. The summed E-state index contributed by atoms with van der Waals surface area (Å²) in [5.74, 6) is 0.602. The number of piperidine rings is 1. The molecule has 1 aliphatic heterocycles. The van der Waals surface area contributed by atoms with Crippen LogP contribution in [-0.4, -0.2) is 44.4 Å². The lowest BCUT2D eigenvalue weighted by Gasteiger charge is -2.30. The van der Waals surface area contributed by atoms with Crippen LogP contribution in [-0.2, 0) is 9.47 Å². The molecule has 1 saturated heterocycles. The zero-order valence-corrected chi connectivity index (χ0v) is 8.99. The highest BCUT2D eigenvalue weighted by molar-refractivity contribution is 5.67. The summed E-state index contributed by atoms with van der Waals surface area (Å²) in [4.78, 5) is 13.1. The SMILES string of the molecule is CCOC(=O)N1CCC(COC)CC1. The van der Waals surface area contributed by atoms with Crippen LogP contribution in [0.5, 0.6) is 0 Å². The quantitative estimate of drug-likeness (QED) is 0.694. The fourth-order valence-corrected chi connectivity index (χ4v) is 1.73. The summed E-state index contributed by atoms with van der Waals surface area (Å²) in [6.07, 6.45) is 1.86. The number of carbonyl (C=O) groups excluding carboxylic acids is 1. The van der Waals surface area contributed by atoms with Gasteiger partial charge in [-0.3, -0.25) is 0 Å². The monoisotopic (exact) mass is 201 g/mol. The first kappa shape index (κ1) is 11.3. The van der Waals surface area contributed by atoms with E-state index in [1.165, 1.54) is 0 Å². The van der Waals surface area contributed by atoms with Crippen molar-refractivity contribution in [3.63, 3.8) is 0 Å². The molecule has 1 aliphatic rings. The second-order valence-electron chi connectivity index (χ2n) is 3.58. The van der Waals surface area contributed by atoms with Crippen LogP contribution in [0.25, 0.3) is 0 Å². The highest BCUT2D eigenvalue weighted by atomic mass is 16.6. The molecule has 0 bridgehead atoms. The summed E-state index contributed by atoms with van der Waals surface area (Å²) in [6, 6.07) is 0. The van der Waals surface area contributed by atoms with Gasteiger partial charge in [0, 0.05) is 26.8 Å². The molecule has 1 amide bonds. The molecule has 1 fully saturated rings. The molecule has 0 atom stereocenters. The molecule has 1 rings (SSSR count). The van der Waals surface area contributed by atoms with E-state index in [9.17, 15) is 4.79 Å². The van der Waals surface area contributed by atoms with Crippen molar-refractivity contribution in [2.45, 2.75) is 19.8 Å². The van der Waals surface area contributed by atoms with Gasteiger partial charge in [0.25, 0.3) is 0 Å². The molecule has 0 radical (unpaired) electrons. The molecule has 0 spiro atoms. The first-order valence-electron chi connectivity index (χ1n) is 5.18. The maximum atomic E-state index is 11.3. The predicted octanol–water partition coefficient (Wildman–Crippen LogP) is 1.50. The smallest absolute Gasteiger partial charge is 0.409 e. The molecule has 82 valence electrons. The fourth-order valence-electron chi connectivity index (χ4n) is 1.73. The highest BCUT2D eigenvalue weighted by Gasteiger charge is 2.23. The van der Waals surface area contributed by atoms with Crippen molar-refractivity contribution < 1.29 is 14.3 Å². The summed E-state index contributed by atoms with van der Waals surface area (Å²) >= 11 is 0. The Balaban J connectivity index is 2.24. The Bertz CT molecular complexity index is 176. The van der Waals surface area contributed by atoms with Gasteiger partial charge in [-0.1, -0.05) is 0 Å². The van der Waals surface area contributed by atoms with E-state index in [-0.39, 0.29) is 6.09 Å². The number of amides is 1. The van der Waals surface area contributed by atoms with Crippen molar-refractivity contribution in [1.29, 1.82) is 0 Å². The van der Waals surface area contributed by atoms with Crippen molar-refractivity contribution in [3.8, 4) is 0 Å². The molecule has 0 saturated carbocycles. The second kappa shape index (κ2) is 5.86. The lowest BCUT2D eigenvalue weighted by Crippen LogP contribution is -2.39. The average molecular weight is 201 g/mol. The van der Waals surface area contributed by atoms with Gasteiger partial charge in [-0.15, -0.1) is 0 Å². The molecule has 0 aromatic rings. The van der Waals surface area contributed by atoms with Gasteiger partial charge in [-0.25, -0.2) is 4.79 Å². The van der Waals surface area contributed by atoms with E-state index >= 15 is 0 Å². The van der Waals surface area contributed by atoms with Gasteiger partial charge in [-0.2, -0.15) is 0 Å². The maximum Gasteiger partial charge on any atom is 0.409 e. The van der Waals surface area contributed by atoms with Crippen LogP contribution >= 0.6 is 0 Å². The zero-order chi connectivity index (χ0) is 10.4. The minimum absolute atomic E-state index is 0.177. The highest BCUT2D eigenvalue weighted by Crippen LogP contribution is 2.17. The van der Waals surface area contributed by atoms with Crippen LogP contribution in [0.4, 0.5) is 4.79 Å². The fraction of sp³-hybridized carbons (Fsp3) is 0.900. The molecule has 4 nitrogen and oxygen atoms in total. The summed E-state index contributed by atoms with van der Waals surface area (Å²) in [7, 11) is 1.72. The maximum absolute atomic E-state index is 11.3. The lowest BCUT2D eigenvalue weighted by molar-refractivity contribution is 0.0730. The van der Waals surface area contributed by atoms with Crippen molar-refractivity contribution in [2.75, 3.05) is 33.4 Å². The summed E-state index contributed by atoms with van der Waals surface area (Å²) in [5, 5.41) is 0. The number of carbonyl (C=O) groups is 1. The van der Waals surface area contributed by atoms with Crippen LogP contribution in [0.2, 0.25) is 0 Å². The zero-order valence-electron chi connectivity index (χ0n) is 8.99. The van der Waals surface area contributed by atoms with Crippen LogP contribution in [0.3, 0.4) is 0 Å². The molecule has 1 heterocycles. The average Bonchev–Trinajstić information content (AvgIpc) is 2.20. The van der Waals surface area contributed by atoms with E-state index in [1.807, 2.05) is 6.92 Å². The van der Waals surface area contributed by atoms with Gasteiger partial charge in [0.05, 0.1) is 6.61 Å². The van der Waals surface area contributed by atoms with E-state index < -0.39 is 0 Å². The van der Waals surface area contributed by atoms with Gasteiger partial charge in [0.1, 0.15) is 0 Å². The Kier molecular flexibility index (Phi) is 4.73. The Morgan fingerprint density at radius 1 is 1.43 bits per heavy atom. The summed E-state index contributed by atoms with van der Waals surface area (Å²) < 4.78 is 10.0. The van der Waals surface area contributed by atoms with Crippen molar-refractivity contribution >= 4 is 6.09 Å². The third-order valence-electron chi connectivity index (χ3n) is 2.54. The Morgan fingerprint density at radius 3 is 2.57 bits per heavy atom. The normalized spacial score (nSPS) is 18.3. The topological polar surface area (TPSA) is 38.8 Å². The van der Waals surface area contributed by atoms with Gasteiger partial charge in [0.15, 0.2) is 0 Å². The number of likely N-dealkylation sites (tertiary alicyclic amines) is 1. The standard InChI is InChI=1S/C10H19NO3/c1-3-14-10(12)11-6-4-9(5-7-11)8-13-2/h9H,3-8H2,1-2H3. The Morgan fingerprint density at radius 2 is 2.07 bits per heavy atom. The van der Waals surface area contributed by atoms with Crippen LogP contribution in [0.15, 0.2) is 0 Å². The third kappa shape index (κ3) is 3.18. The molecule has 0 unspecified atom stereocenters. The molecule has 0 aromatic carbocycles. The van der Waals surface area contributed by atoms with Gasteiger partial charge in [0.2, 0.25) is 0 Å². The number of hydrogen-bond donors (Lipinski definition) is 0. The van der Waals surface area contributed by atoms with Crippen molar-refractivity contribution in [2.24, 2.45) is 5.92 Å². The second-order valence-corrected chi connectivity index (χ2v) is 3.58. The minimum atomic E-state index is -0.177. The number of methoxy groups -OCH3 is 1. The Hall–Kier alpha value is -0.770. The number of rotatable bonds is 3. The van der Waals surface area contributed by atoms with Gasteiger partial charge in [-0.05, 0) is 25.7 Å². The Labute approximate surface area is 85.2 Å². The number of ether oxygens (including phenoxy) is 2. The van der Waals surface area contributed by atoms with E-state index in [0.29, 0.717) is 12.5 Å². The van der Waals surface area contributed by atoms with Crippen molar-refractivity contribution in [1.82, 2.24) is 4.90 Å². The van der Waals surface area contributed by atoms with E-state index in [1.54, 1.807) is 12.0 Å². The summed E-state index contributed by atoms with van der Waals surface area (Å²) in [5.41, 5.74) is 0. The molecular weight excluding hydrogens is 182 g/mol. The van der Waals surface area contributed by atoms with Gasteiger partial charge >= 0.3 is 6.09 Å². The lowest BCUT2D eigenvalue weighted by atomic mass is 9.98. The molecule has 4 heteroatoms. The number of nitrogens with zero attached hydrogens (tertiary/aromatic N) is 1. The summed E-state index contributed by atoms with van der Waals surface area (Å²) in [6.45, 7) is 4.68. The molecule has 0 aliphatic carbocycles. The van der Waals surface area contributed by atoms with E-state index in [4.69, 9.17) is 9.47 Å². The molecule has 0 aromatic heterocycles. The molecule has 0 N–H and O–H groups in total. The third-order valence-corrected chi connectivity index (χ3v) is 2.54. The van der Waals surface area contributed by atoms with E-state index in [2.05, 4.69) is 0 Å². The first-order valence-corrected chi connectivity index (χ1v) is 5.18. The van der Waals surface area contributed by atoms with Crippen LogP contribution in [0, 0.1) is 5.92 Å². The van der Waals surface area contributed by atoms with Crippen LogP contribution in [0.1, 0.15) is 19.8 Å². The van der Waals surface area contributed by atoms with E-state index in [0.717, 1.165) is 32.5 Å². The van der Waals surface area contributed by atoms with Crippen molar-refractivity contribution in [3.05, 3.63) is 0 Å².